The number of carbonyl (C=O) groups excluding carboxylic acids is 2. The first kappa shape index (κ1) is 29.0. The zero-order chi connectivity index (χ0) is 27.0. The van der Waals surface area contributed by atoms with E-state index in [2.05, 4.69) is 81.6 Å². The quantitative estimate of drug-likeness (QED) is 0.263. The fraction of sp³-hybridized carbons (Fsp3) is 0.517. The van der Waals surface area contributed by atoms with E-state index >= 15 is 0 Å². The van der Waals surface area contributed by atoms with Gasteiger partial charge in [0, 0.05) is 5.41 Å². The van der Waals surface area contributed by atoms with Gasteiger partial charge in [0.2, 0.25) is 0 Å². The van der Waals surface area contributed by atoms with Crippen LogP contribution in [0.4, 0.5) is 0 Å². The number of aldehydes is 2. The first-order chi connectivity index (χ1) is 15.8. The van der Waals surface area contributed by atoms with Gasteiger partial charge in [-0.1, -0.05) is 67.5 Å². The summed E-state index contributed by atoms with van der Waals surface area (Å²) in [4.78, 5) is 24.0. The largest absolute Gasteiger partial charge is 0.543 e. The third-order valence-electron chi connectivity index (χ3n) is 8.06. The molecule has 0 bridgehead atoms. The van der Waals surface area contributed by atoms with Crippen molar-refractivity contribution < 1.29 is 18.4 Å². The number of hydrogen-bond acceptors (Lipinski definition) is 4. The van der Waals surface area contributed by atoms with E-state index in [1.807, 2.05) is 36.4 Å². The molecule has 2 aromatic rings. The van der Waals surface area contributed by atoms with Crippen molar-refractivity contribution in [2.45, 2.75) is 97.1 Å². The Morgan fingerprint density at radius 3 is 1.17 bits per heavy atom. The number of benzene rings is 2. The minimum Gasteiger partial charge on any atom is -0.543 e. The Morgan fingerprint density at radius 2 is 0.914 bits per heavy atom. The molecule has 0 heterocycles. The predicted molar refractivity (Wildman–Crippen MR) is 151 cm³/mol. The SMILES string of the molecule is CC(C)(c1ccc(O[Si](C)(C)C(C)(C)C)c(C=O)c1)c1ccc(O[Si](C)(C)C(C)(C)C)c(C=O)c1. The lowest BCUT2D eigenvalue weighted by Gasteiger charge is -2.37. The molecule has 6 heteroatoms. The van der Waals surface area contributed by atoms with Gasteiger partial charge < -0.3 is 8.85 Å². The van der Waals surface area contributed by atoms with Gasteiger partial charge in [-0.05, 0) is 71.7 Å². The smallest absolute Gasteiger partial charge is 0.250 e. The Kier molecular flexibility index (Phi) is 8.05. The maximum Gasteiger partial charge on any atom is 0.250 e. The molecule has 0 aliphatic carbocycles. The van der Waals surface area contributed by atoms with Gasteiger partial charge >= 0.3 is 0 Å². The molecule has 0 radical (unpaired) electrons. The van der Waals surface area contributed by atoms with Crippen LogP contribution in [0.15, 0.2) is 36.4 Å². The summed E-state index contributed by atoms with van der Waals surface area (Å²) >= 11 is 0. The normalized spacial score (nSPS) is 13.4. The second-order valence-corrected chi connectivity index (χ2v) is 22.5. The minimum atomic E-state index is -2.08. The summed E-state index contributed by atoms with van der Waals surface area (Å²) in [5.41, 5.74) is 2.64. The van der Waals surface area contributed by atoms with Crippen LogP contribution in [0.5, 0.6) is 11.5 Å². The van der Waals surface area contributed by atoms with Crippen LogP contribution in [0.25, 0.3) is 0 Å². The van der Waals surface area contributed by atoms with Gasteiger partial charge in [-0.2, -0.15) is 0 Å². The molecule has 2 rings (SSSR count). The maximum atomic E-state index is 12.0. The summed E-state index contributed by atoms with van der Waals surface area (Å²) in [5.74, 6) is 1.27. The molecule has 0 aliphatic rings. The number of rotatable bonds is 8. The van der Waals surface area contributed by atoms with Crippen molar-refractivity contribution in [3.05, 3.63) is 58.7 Å². The van der Waals surface area contributed by atoms with Crippen LogP contribution in [0.1, 0.15) is 87.2 Å². The molecule has 0 aliphatic heterocycles. The van der Waals surface area contributed by atoms with Crippen LogP contribution < -0.4 is 8.85 Å². The monoisotopic (exact) mass is 512 g/mol. The molecule has 0 atom stereocenters. The average Bonchev–Trinajstić information content (AvgIpc) is 2.71. The summed E-state index contributed by atoms with van der Waals surface area (Å²) in [7, 11) is -4.16. The standard InChI is InChI=1S/C29H44O4Si2/c1-27(2,3)34(9,10)32-25-15-13-23(17-21(25)19-30)29(7,8)24-14-16-26(22(18-24)20-31)33-35(11,12)28(4,5)6/h13-20H,1-12H3. The molecule has 4 nitrogen and oxygen atoms in total. The van der Waals surface area contributed by atoms with Crippen molar-refractivity contribution in [1.82, 2.24) is 0 Å². The average molecular weight is 513 g/mol. The van der Waals surface area contributed by atoms with Gasteiger partial charge in [-0.15, -0.1) is 0 Å². The highest BCUT2D eigenvalue weighted by Crippen LogP contribution is 2.41. The van der Waals surface area contributed by atoms with Crippen LogP contribution >= 0.6 is 0 Å². The zero-order valence-corrected chi connectivity index (χ0v) is 25.8. The van der Waals surface area contributed by atoms with Gasteiger partial charge in [-0.3, -0.25) is 9.59 Å². The summed E-state index contributed by atoms with van der Waals surface area (Å²) < 4.78 is 12.9. The molecule has 0 unspecified atom stereocenters. The molecule has 0 saturated heterocycles. The van der Waals surface area contributed by atoms with E-state index in [0.29, 0.717) is 22.6 Å². The Balaban J connectivity index is 2.47. The molecule has 35 heavy (non-hydrogen) atoms. The molecule has 0 fully saturated rings. The second-order valence-electron chi connectivity index (χ2n) is 13.1. The molecule has 2 aromatic carbocycles. The third-order valence-corrected chi connectivity index (χ3v) is 16.7. The van der Waals surface area contributed by atoms with E-state index in [-0.39, 0.29) is 10.1 Å². The Hall–Kier alpha value is -2.19. The molecule has 0 saturated carbocycles. The van der Waals surface area contributed by atoms with E-state index in [0.717, 1.165) is 23.7 Å². The highest BCUT2D eigenvalue weighted by Gasteiger charge is 2.40. The van der Waals surface area contributed by atoms with Crippen molar-refractivity contribution in [2.24, 2.45) is 0 Å². The third kappa shape index (κ3) is 6.15. The molecule has 0 amide bonds. The number of carbonyl (C=O) groups is 2. The molecular formula is C29H44O4Si2. The lowest BCUT2D eigenvalue weighted by atomic mass is 9.77. The lowest BCUT2D eigenvalue weighted by Crippen LogP contribution is -2.44. The zero-order valence-electron chi connectivity index (χ0n) is 23.8. The van der Waals surface area contributed by atoms with E-state index in [9.17, 15) is 9.59 Å². The second kappa shape index (κ2) is 9.70. The summed E-state index contributed by atoms with van der Waals surface area (Å²) in [6, 6.07) is 11.7. The molecule has 0 N–H and O–H groups in total. The molecule has 0 aromatic heterocycles. The van der Waals surface area contributed by atoms with Gasteiger partial charge in [0.15, 0.2) is 12.6 Å². The van der Waals surface area contributed by atoms with E-state index in [1.165, 1.54) is 0 Å². The van der Waals surface area contributed by atoms with Crippen LogP contribution in [0.2, 0.25) is 36.3 Å². The fourth-order valence-electron chi connectivity index (χ4n) is 3.27. The maximum absolute atomic E-state index is 12.0. The predicted octanol–water partition coefficient (Wildman–Crippen LogP) is 8.41. The van der Waals surface area contributed by atoms with Crippen molar-refractivity contribution >= 4 is 29.2 Å². The highest BCUT2D eigenvalue weighted by molar-refractivity contribution is 6.75. The van der Waals surface area contributed by atoms with E-state index in [4.69, 9.17) is 8.85 Å². The minimum absolute atomic E-state index is 0.0323. The first-order valence-electron chi connectivity index (χ1n) is 12.3. The first-order valence-corrected chi connectivity index (χ1v) is 18.2. The summed E-state index contributed by atoms with van der Waals surface area (Å²) in [6.45, 7) is 26.0. The van der Waals surface area contributed by atoms with Gasteiger partial charge in [0.1, 0.15) is 11.5 Å². The van der Waals surface area contributed by atoms with E-state index in [1.54, 1.807) is 0 Å². The van der Waals surface area contributed by atoms with Gasteiger partial charge in [0.05, 0.1) is 11.1 Å². The van der Waals surface area contributed by atoms with E-state index < -0.39 is 22.0 Å². The molecule has 0 spiro atoms. The summed E-state index contributed by atoms with van der Waals surface area (Å²) in [5, 5.41) is 0.0646. The highest BCUT2D eigenvalue weighted by atomic mass is 28.4. The van der Waals surface area contributed by atoms with Crippen LogP contribution in [0.3, 0.4) is 0 Å². The van der Waals surface area contributed by atoms with Crippen molar-refractivity contribution in [1.29, 1.82) is 0 Å². The topological polar surface area (TPSA) is 52.6 Å². The lowest BCUT2D eigenvalue weighted by molar-refractivity contribution is 0.111. The molecule has 192 valence electrons. The Labute approximate surface area is 214 Å². The van der Waals surface area contributed by atoms with Crippen LogP contribution in [-0.4, -0.2) is 29.2 Å². The fourth-order valence-corrected chi connectivity index (χ4v) is 5.35. The van der Waals surface area contributed by atoms with Crippen molar-refractivity contribution in [3.8, 4) is 11.5 Å². The van der Waals surface area contributed by atoms with Crippen LogP contribution in [-0.2, 0) is 5.41 Å². The van der Waals surface area contributed by atoms with Crippen molar-refractivity contribution in [3.63, 3.8) is 0 Å². The Morgan fingerprint density at radius 1 is 0.600 bits per heavy atom. The van der Waals surface area contributed by atoms with Crippen LogP contribution in [0, 0.1) is 0 Å². The summed E-state index contributed by atoms with van der Waals surface area (Å²) in [6.07, 6.45) is 1.74. The number of hydrogen-bond donors (Lipinski definition) is 0. The Bertz CT molecular complexity index is 1000. The molecular weight excluding hydrogens is 468 g/mol. The van der Waals surface area contributed by atoms with Gasteiger partial charge in [-0.25, -0.2) is 0 Å². The van der Waals surface area contributed by atoms with Crippen molar-refractivity contribution in [2.75, 3.05) is 0 Å². The van der Waals surface area contributed by atoms with Gasteiger partial charge in [0.25, 0.3) is 16.6 Å².